The third-order valence-electron chi connectivity index (χ3n) is 4.29. The standard InChI is InChI=1S/C15H25N3S2/c1-3-7-16-11-5-4-6-12-14(11)20-15(17-12)13-10-19-9-8-18(13)2/h11,13,16H,3-10H2,1-2H3. The fourth-order valence-electron chi connectivity index (χ4n) is 3.04. The zero-order valence-corrected chi connectivity index (χ0v) is 14.2. The van der Waals surface area contributed by atoms with E-state index in [1.165, 1.54) is 59.3 Å². The Hall–Kier alpha value is -0.100. The van der Waals surface area contributed by atoms with Crippen molar-refractivity contribution in [2.24, 2.45) is 0 Å². The van der Waals surface area contributed by atoms with Crippen LogP contribution in [-0.4, -0.2) is 41.5 Å². The Bertz CT molecular complexity index is 446. The van der Waals surface area contributed by atoms with Gasteiger partial charge in [0.2, 0.25) is 0 Å². The number of rotatable bonds is 4. The first-order valence-corrected chi connectivity index (χ1v) is 9.77. The molecule has 3 nitrogen and oxygen atoms in total. The minimum absolute atomic E-state index is 0.538. The molecule has 0 radical (unpaired) electrons. The van der Waals surface area contributed by atoms with Crippen LogP contribution in [0.15, 0.2) is 0 Å². The summed E-state index contributed by atoms with van der Waals surface area (Å²) in [5.74, 6) is 2.47. The number of hydrogen-bond donors (Lipinski definition) is 1. The summed E-state index contributed by atoms with van der Waals surface area (Å²) in [5.41, 5.74) is 1.38. The molecule has 1 N–H and O–H groups in total. The van der Waals surface area contributed by atoms with Crippen molar-refractivity contribution >= 4 is 23.1 Å². The molecule has 1 saturated heterocycles. The van der Waals surface area contributed by atoms with Crippen molar-refractivity contribution in [1.29, 1.82) is 0 Å². The second-order valence-electron chi connectivity index (χ2n) is 5.83. The predicted octanol–water partition coefficient (Wildman–Crippen LogP) is 3.24. The molecular weight excluding hydrogens is 286 g/mol. The number of nitrogens with one attached hydrogen (secondary N) is 1. The molecule has 1 aliphatic heterocycles. The Morgan fingerprint density at radius 2 is 2.35 bits per heavy atom. The number of aryl methyl sites for hydroxylation is 1. The summed E-state index contributed by atoms with van der Waals surface area (Å²) in [5, 5.41) is 5.06. The van der Waals surface area contributed by atoms with Gasteiger partial charge in [-0.05, 0) is 39.3 Å². The number of hydrogen-bond acceptors (Lipinski definition) is 5. The van der Waals surface area contributed by atoms with Crippen molar-refractivity contribution in [3.05, 3.63) is 15.6 Å². The molecule has 20 heavy (non-hydrogen) atoms. The van der Waals surface area contributed by atoms with E-state index < -0.39 is 0 Å². The van der Waals surface area contributed by atoms with Crippen molar-refractivity contribution < 1.29 is 0 Å². The highest BCUT2D eigenvalue weighted by Gasteiger charge is 2.29. The molecule has 2 unspecified atom stereocenters. The maximum Gasteiger partial charge on any atom is 0.111 e. The van der Waals surface area contributed by atoms with Crippen LogP contribution in [0.2, 0.25) is 0 Å². The summed E-state index contributed by atoms with van der Waals surface area (Å²) in [7, 11) is 2.25. The van der Waals surface area contributed by atoms with E-state index in [2.05, 4.69) is 35.9 Å². The van der Waals surface area contributed by atoms with Gasteiger partial charge in [-0.15, -0.1) is 11.3 Å². The molecule has 1 aliphatic carbocycles. The van der Waals surface area contributed by atoms with Gasteiger partial charge >= 0.3 is 0 Å². The van der Waals surface area contributed by atoms with Crippen molar-refractivity contribution in [1.82, 2.24) is 15.2 Å². The highest BCUT2D eigenvalue weighted by atomic mass is 32.2. The topological polar surface area (TPSA) is 28.2 Å². The monoisotopic (exact) mass is 311 g/mol. The molecule has 0 amide bonds. The summed E-state index contributed by atoms with van der Waals surface area (Å²) in [6.07, 6.45) is 4.95. The normalized spacial score (nSPS) is 27.5. The molecule has 2 atom stereocenters. The average Bonchev–Trinajstić information content (AvgIpc) is 2.89. The molecule has 2 heterocycles. The maximum absolute atomic E-state index is 5.01. The lowest BCUT2D eigenvalue weighted by Gasteiger charge is -2.30. The summed E-state index contributed by atoms with van der Waals surface area (Å²) in [6.45, 7) is 4.55. The minimum Gasteiger partial charge on any atom is -0.309 e. The van der Waals surface area contributed by atoms with E-state index in [0.717, 1.165) is 6.54 Å². The van der Waals surface area contributed by atoms with Gasteiger partial charge in [-0.1, -0.05) is 6.92 Å². The van der Waals surface area contributed by atoms with Gasteiger partial charge < -0.3 is 5.32 Å². The zero-order chi connectivity index (χ0) is 13.9. The van der Waals surface area contributed by atoms with E-state index in [9.17, 15) is 0 Å². The van der Waals surface area contributed by atoms with Crippen LogP contribution in [0.4, 0.5) is 0 Å². The van der Waals surface area contributed by atoms with Crippen molar-refractivity contribution in [3.63, 3.8) is 0 Å². The Kier molecular flexibility index (Phi) is 5.02. The minimum atomic E-state index is 0.538. The first-order valence-electron chi connectivity index (χ1n) is 7.80. The highest BCUT2D eigenvalue weighted by Crippen LogP contribution is 2.38. The second kappa shape index (κ2) is 6.77. The van der Waals surface area contributed by atoms with E-state index in [-0.39, 0.29) is 0 Å². The van der Waals surface area contributed by atoms with Crippen molar-refractivity contribution in [3.8, 4) is 0 Å². The Morgan fingerprint density at radius 1 is 1.45 bits per heavy atom. The SMILES string of the molecule is CCCNC1CCCc2nc(C3CSCCN3C)sc21. The Balaban J connectivity index is 1.79. The van der Waals surface area contributed by atoms with Crippen LogP contribution in [0, 0.1) is 0 Å². The third kappa shape index (κ3) is 3.06. The molecule has 0 spiro atoms. The second-order valence-corrected chi connectivity index (χ2v) is 8.05. The fourth-order valence-corrected chi connectivity index (χ4v) is 5.76. The quantitative estimate of drug-likeness (QED) is 0.924. The van der Waals surface area contributed by atoms with Crippen LogP contribution in [0.3, 0.4) is 0 Å². The zero-order valence-electron chi connectivity index (χ0n) is 12.5. The number of nitrogens with zero attached hydrogens (tertiary/aromatic N) is 2. The lowest BCUT2D eigenvalue weighted by atomic mass is 9.98. The number of thiazole rings is 1. The van der Waals surface area contributed by atoms with Crippen molar-refractivity contribution in [2.45, 2.75) is 44.7 Å². The lowest BCUT2D eigenvalue weighted by molar-refractivity contribution is 0.274. The molecule has 112 valence electrons. The molecule has 1 fully saturated rings. The van der Waals surface area contributed by atoms with Gasteiger partial charge in [-0.2, -0.15) is 11.8 Å². The summed E-state index contributed by atoms with van der Waals surface area (Å²) >= 11 is 4.05. The number of thioether (sulfide) groups is 1. The van der Waals surface area contributed by atoms with Gasteiger partial charge in [-0.25, -0.2) is 4.98 Å². The molecule has 2 aliphatic rings. The molecule has 0 saturated carbocycles. The van der Waals surface area contributed by atoms with Gasteiger partial charge in [0.15, 0.2) is 0 Å². The van der Waals surface area contributed by atoms with Crippen LogP contribution in [-0.2, 0) is 6.42 Å². The largest absolute Gasteiger partial charge is 0.309 e. The van der Waals surface area contributed by atoms with Gasteiger partial charge in [0.05, 0.1) is 11.7 Å². The third-order valence-corrected chi connectivity index (χ3v) is 6.62. The van der Waals surface area contributed by atoms with E-state index in [0.29, 0.717) is 12.1 Å². The number of fused-ring (bicyclic) bond motifs is 1. The van der Waals surface area contributed by atoms with Crippen LogP contribution < -0.4 is 5.32 Å². The lowest BCUT2D eigenvalue weighted by Crippen LogP contribution is -2.32. The van der Waals surface area contributed by atoms with E-state index >= 15 is 0 Å². The smallest absolute Gasteiger partial charge is 0.111 e. The first kappa shape index (κ1) is 14.8. The Labute approximate surface area is 130 Å². The average molecular weight is 312 g/mol. The maximum atomic E-state index is 5.01. The predicted molar refractivity (Wildman–Crippen MR) is 88.8 cm³/mol. The summed E-state index contributed by atoms with van der Waals surface area (Å²) in [4.78, 5) is 9.02. The molecule has 3 rings (SSSR count). The van der Waals surface area contributed by atoms with E-state index in [1.54, 1.807) is 0 Å². The van der Waals surface area contributed by atoms with E-state index in [4.69, 9.17) is 4.98 Å². The molecule has 1 aromatic heterocycles. The first-order chi connectivity index (χ1) is 9.79. The van der Waals surface area contributed by atoms with Crippen LogP contribution in [0.1, 0.15) is 53.8 Å². The molecule has 0 bridgehead atoms. The van der Waals surface area contributed by atoms with Crippen LogP contribution in [0.5, 0.6) is 0 Å². The molecule has 5 heteroatoms. The van der Waals surface area contributed by atoms with Gasteiger partial charge in [0, 0.05) is 29.0 Å². The molecule has 0 aromatic carbocycles. The van der Waals surface area contributed by atoms with Crippen molar-refractivity contribution in [2.75, 3.05) is 31.6 Å². The van der Waals surface area contributed by atoms with Gasteiger partial charge in [-0.3, -0.25) is 4.90 Å². The molecule has 1 aromatic rings. The summed E-state index contributed by atoms with van der Waals surface area (Å²) in [6, 6.07) is 1.10. The number of aromatic nitrogens is 1. The van der Waals surface area contributed by atoms with Crippen LogP contribution in [0.25, 0.3) is 0 Å². The van der Waals surface area contributed by atoms with Gasteiger partial charge in [0.25, 0.3) is 0 Å². The molecular formula is C15H25N3S2. The Morgan fingerprint density at radius 3 is 3.15 bits per heavy atom. The van der Waals surface area contributed by atoms with E-state index in [1.807, 2.05) is 11.3 Å². The van der Waals surface area contributed by atoms with Gasteiger partial charge in [0.1, 0.15) is 5.01 Å². The summed E-state index contributed by atoms with van der Waals surface area (Å²) < 4.78 is 0. The fraction of sp³-hybridized carbons (Fsp3) is 0.800. The van der Waals surface area contributed by atoms with Crippen LogP contribution >= 0.6 is 23.1 Å². The highest BCUT2D eigenvalue weighted by molar-refractivity contribution is 7.99.